The van der Waals surface area contributed by atoms with Gasteiger partial charge in [0.05, 0.1) is 17.3 Å². The number of amides is 1. The van der Waals surface area contributed by atoms with Crippen molar-refractivity contribution in [3.05, 3.63) is 52.1 Å². The summed E-state index contributed by atoms with van der Waals surface area (Å²) in [5.74, 6) is 0.0109. The molecule has 8 heteroatoms. The van der Waals surface area contributed by atoms with Crippen LogP contribution in [0.4, 0.5) is 10.3 Å². The summed E-state index contributed by atoms with van der Waals surface area (Å²) in [6.45, 7) is 5.72. The van der Waals surface area contributed by atoms with E-state index in [1.807, 2.05) is 32.0 Å². The molecule has 0 saturated carbocycles. The zero-order chi connectivity index (χ0) is 21.0. The fourth-order valence-corrected chi connectivity index (χ4v) is 3.62. The minimum Gasteiger partial charge on any atom is -0.352 e. The van der Waals surface area contributed by atoms with Gasteiger partial charge in [-0.1, -0.05) is 17.7 Å². The SMILES string of the molecule is CNCC(CC(=O)N1CCc2cnc(NC(C)C)nc2C1)c1ccc(Cl)c(F)c1. The van der Waals surface area contributed by atoms with E-state index < -0.39 is 5.82 Å². The second kappa shape index (κ2) is 9.50. The molecule has 0 spiro atoms. The Kier molecular flexibility index (Phi) is 7.03. The third-order valence-corrected chi connectivity index (χ3v) is 5.31. The molecular formula is C21H27ClFN5O. The zero-order valence-corrected chi connectivity index (χ0v) is 17.8. The Morgan fingerprint density at radius 1 is 1.38 bits per heavy atom. The largest absolute Gasteiger partial charge is 0.352 e. The maximum Gasteiger partial charge on any atom is 0.223 e. The minimum atomic E-state index is -0.466. The van der Waals surface area contributed by atoms with Crippen LogP contribution in [0.2, 0.25) is 5.02 Å². The van der Waals surface area contributed by atoms with E-state index in [0.717, 1.165) is 23.2 Å². The number of carbonyl (C=O) groups is 1. The van der Waals surface area contributed by atoms with E-state index in [4.69, 9.17) is 11.6 Å². The van der Waals surface area contributed by atoms with Gasteiger partial charge in [0, 0.05) is 37.7 Å². The summed E-state index contributed by atoms with van der Waals surface area (Å²) < 4.78 is 13.9. The molecule has 3 rings (SSSR count). The third kappa shape index (κ3) is 5.42. The maximum absolute atomic E-state index is 13.9. The highest BCUT2D eigenvalue weighted by atomic mass is 35.5. The number of halogens is 2. The number of nitrogens with one attached hydrogen (secondary N) is 2. The maximum atomic E-state index is 13.9. The summed E-state index contributed by atoms with van der Waals surface area (Å²) in [5.41, 5.74) is 2.72. The first-order valence-corrected chi connectivity index (χ1v) is 10.2. The smallest absolute Gasteiger partial charge is 0.223 e. The molecule has 0 fully saturated rings. The predicted octanol–water partition coefficient (Wildman–Crippen LogP) is 3.37. The Labute approximate surface area is 175 Å². The van der Waals surface area contributed by atoms with E-state index in [-0.39, 0.29) is 22.9 Å². The van der Waals surface area contributed by atoms with Crippen LogP contribution in [0.3, 0.4) is 0 Å². The van der Waals surface area contributed by atoms with Gasteiger partial charge in [0.2, 0.25) is 11.9 Å². The Bertz CT molecular complexity index is 876. The molecule has 0 bridgehead atoms. The van der Waals surface area contributed by atoms with Crippen molar-refractivity contribution >= 4 is 23.5 Å². The molecule has 6 nitrogen and oxygen atoms in total. The number of hydrogen-bond donors (Lipinski definition) is 2. The zero-order valence-electron chi connectivity index (χ0n) is 17.0. The van der Waals surface area contributed by atoms with Crippen molar-refractivity contribution in [1.82, 2.24) is 20.2 Å². The lowest BCUT2D eigenvalue weighted by Crippen LogP contribution is -2.38. The van der Waals surface area contributed by atoms with Crippen LogP contribution >= 0.6 is 11.6 Å². The molecule has 1 aromatic carbocycles. The van der Waals surface area contributed by atoms with Gasteiger partial charge in [0.25, 0.3) is 0 Å². The number of nitrogens with zero attached hydrogens (tertiary/aromatic N) is 3. The van der Waals surface area contributed by atoms with Crippen molar-refractivity contribution in [2.45, 2.75) is 45.2 Å². The van der Waals surface area contributed by atoms with Gasteiger partial charge >= 0.3 is 0 Å². The van der Waals surface area contributed by atoms with Crippen LogP contribution in [-0.2, 0) is 17.8 Å². The molecule has 1 aliphatic heterocycles. The number of anilines is 1. The molecule has 0 saturated heterocycles. The summed E-state index contributed by atoms with van der Waals surface area (Å²) >= 11 is 5.80. The number of fused-ring (bicyclic) bond motifs is 1. The highest BCUT2D eigenvalue weighted by Crippen LogP contribution is 2.26. The minimum absolute atomic E-state index is 0.0308. The van der Waals surface area contributed by atoms with Crippen molar-refractivity contribution in [2.24, 2.45) is 0 Å². The standard InChI is InChI=1S/C21H27ClFN5O/c1-13(2)26-21-25-11-15-6-7-28(12-19(15)27-21)20(29)9-16(10-24-3)14-4-5-17(22)18(23)8-14/h4-5,8,11,13,16,24H,6-7,9-10,12H2,1-3H3,(H,25,26,27). The number of aromatic nitrogens is 2. The second-order valence-electron chi connectivity index (χ2n) is 7.66. The van der Waals surface area contributed by atoms with Gasteiger partial charge in [-0.25, -0.2) is 14.4 Å². The molecule has 29 heavy (non-hydrogen) atoms. The first-order valence-electron chi connectivity index (χ1n) is 9.86. The number of benzene rings is 1. The van der Waals surface area contributed by atoms with Gasteiger partial charge in [-0.3, -0.25) is 4.79 Å². The van der Waals surface area contributed by atoms with E-state index in [0.29, 0.717) is 32.0 Å². The summed E-state index contributed by atoms with van der Waals surface area (Å²) in [6.07, 6.45) is 2.86. The lowest BCUT2D eigenvalue weighted by molar-refractivity contribution is -0.132. The fraction of sp³-hybridized carbons (Fsp3) is 0.476. The van der Waals surface area contributed by atoms with Gasteiger partial charge in [-0.15, -0.1) is 0 Å². The quantitative estimate of drug-likeness (QED) is 0.720. The lowest BCUT2D eigenvalue weighted by Gasteiger charge is -2.30. The van der Waals surface area contributed by atoms with Gasteiger partial charge in [0.1, 0.15) is 5.82 Å². The van der Waals surface area contributed by atoms with E-state index >= 15 is 0 Å². The molecular weight excluding hydrogens is 393 g/mol. The second-order valence-corrected chi connectivity index (χ2v) is 8.07. The highest BCUT2D eigenvalue weighted by Gasteiger charge is 2.25. The number of rotatable bonds is 7. The lowest BCUT2D eigenvalue weighted by atomic mass is 9.94. The highest BCUT2D eigenvalue weighted by molar-refractivity contribution is 6.30. The van der Waals surface area contributed by atoms with Crippen LogP contribution in [0, 0.1) is 5.82 Å². The molecule has 2 heterocycles. The van der Waals surface area contributed by atoms with Crippen LogP contribution in [0.1, 0.15) is 43.0 Å². The summed E-state index contributed by atoms with van der Waals surface area (Å²) in [7, 11) is 1.82. The van der Waals surface area contributed by atoms with Crippen molar-refractivity contribution in [3.63, 3.8) is 0 Å². The topological polar surface area (TPSA) is 70.2 Å². The van der Waals surface area contributed by atoms with Crippen LogP contribution in [0.25, 0.3) is 0 Å². The number of hydrogen-bond acceptors (Lipinski definition) is 5. The van der Waals surface area contributed by atoms with E-state index in [9.17, 15) is 9.18 Å². The summed E-state index contributed by atoms with van der Waals surface area (Å²) in [6, 6.07) is 4.97. The first kappa shape index (κ1) is 21.5. The van der Waals surface area contributed by atoms with Gasteiger partial charge in [-0.2, -0.15) is 0 Å². The third-order valence-electron chi connectivity index (χ3n) is 5.00. The van der Waals surface area contributed by atoms with Crippen molar-refractivity contribution in [3.8, 4) is 0 Å². The van der Waals surface area contributed by atoms with E-state index in [1.165, 1.54) is 12.1 Å². The molecule has 1 amide bonds. The van der Waals surface area contributed by atoms with Crippen LogP contribution in [-0.4, -0.2) is 47.0 Å². The molecule has 2 aromatic rings. The average Bonchev–Trinajstić information content (AvgIpc) is 2.68. The molecule has 1 atom stereocenters. The summed E-state index contributed by atoms with van der Waals surface area (Å²) in [5, 5.41) is 6.38. The molecule has 1 aromatic heterocycles. The molecule has 2 N–H and O–H groups in total. The van der Waals surface area contributed by atoms with Crippen molar-refractivity contribution in [2.75, 3.05) is 25.5 Å². The first-order chi connectivity index (χ1) is 13.9. The Hall–Kier alpha value is -2.25. The Balaban J connectivity index is 1.71. The number of likely N-dealkylation sites (N-methyl/N-ethyl adjacent to an activating group) is 1. The predicted molar refractivity (Wildman–Crippen MR) is 113 cm³/mol. The van der Waals surface area contributed by atoms with Gasteiger partial charge < -0.3 is 15.5 Å². The molecule has 156 valence electrons. The van der Waals surface area contributed by atoms with Gasteiger partial charge in [0.15, 0.2) is 0 Å². The van der Waals surface area contributed by atoms with Crippen LogP contribution < -0.4 is 10.6 Å². The van der Waals surface area contributed by atoms with E-state index in [1.54, 1.807) is 6.07 Å². The molecule has 1 aliphatic rings. The Morgan fingerprint density at radius 3 is 2.86 bits per heavy atom. The summed E-state index contributed by atoms with van der Waals surface area (Å²) in [4.78, 5) is 23.8. The van der Waals surface area contributed by atoms with Gasteiger partial charge in [-0.05, 0) is 50.6 Å². The fourth-order valence-electron chi connectivity index (χ4n) is 3.50. The molecule has 0 radical (unpaired) electrons. The monoisotopic (exact) mass is 419 g/mol. The molecule has 1 unspecified atom stereocenters. The van der Waals surface area contributed by atoms with Crippen molar-refractivity contribution < 1.29 is 9.18 Å². The van der Waals surface area contributed by atoms with E-state index in [2.05, 4.69) is 20.6 Å². The van der Waals surface area contributed by atoms with Crippen LogP contribution in [0.5, 0.6) is 0 Å². The Morgan fingerprint density at radius 2 is 2.17 bits per heavy atom. The molecule has 0 aliphatic carbocycles. The van der Waals surface area contributed by atoms with Crippen molar-refractivity contribution in [1.29, 1.82) is 0 Å². The van der Waals surface area contributed by atoms with Crippen LogP contribution in [0.15, 0.2) is 24.4 Å². The average molecular weight is 420 g/mol. The number of carbonyl (C=O) groups excluding carboxylic acids is 1. The normalized spacial score (nSPS) is 14.6.